The zero-order valence-electron chi connectivity index (χ0n) is 19.2. The van der Waals surface area contributed by atoms with E-state index in [1.54, 1.807) is 49.4 Å². The van der Waals surface area contributed by atoms with Crippen LogP contribution in [0.15, 0.2) is 57.2 Å². The van der Waals surface area contributed by atoms with Crippen molar-refractivity contribution in [3.63, 3.8) is 0 Å². The Labute approximate surface area is 194 Å². The minimum absolute atomic E-state index is 0.116. The van der Waals surface area contributed by atoms with Crippen LogP contribution in [0.4, 0.5) is 0 Å². The molecule has 176 valence electrons. The number of carbonyl (C=O) groups excluding carboxylic acids is 1. The molecular formula is C24H24N4O6. The van der Waals surface area contributed by atoms with E-state index in [2.05, 4.69) is 10.1 Å². The highest BCUT2D eigenvalue weighted by atomic mass is 16.5. The van der Waals surface area contributed by atoms with Crippen LogP contribution in [0.25, 0.3) is 5.69 Å². The summed E-state index contributed by atoms with van der Waals surface area (Å²) in [5.41, 5.74) is 0.201. The SMILES string of the molecule is COc1ccc(C2CC(c3c(O)n(-c4ccccc4C)c(=O)[nH]c3=O)=NN2C(C)=O)c(OC)c1. The van der Waals surface area contributed by atoms with Crippen molar-refractivity contribution in [3.05, 3.63) is 80.0 Å². The van der Waals surface area contributed by atoms with E-state index < -0.39 is 23.2 Å². The maximum atomic E-state index is 12.8. The van der Waals surface area contributed by atoms with Gasteiger partial charge in [0.05, 0.1) is 31.7 Å². The largest absolute Gasteiger partial charge is 0.497 e. The number of para-hydroxylation sites is 1. The first kappa shape index (κ1) is 22.8. The van der Waals surface area contributed by atoms with Crippen molar-refractivity contribution in [2.45, 2.75) is 26.3 Å². The summed E-state index contributed by atoms with van der Waals surface area (Å²) in [6.07, 6.45) is 0.116. The molecule has 0 saturated carbocycles. The van der Waals surface area contributed by atoms with Crippen LogP contribution < -0.4 is 20.7 Å². The lowest BCUT2D eigenvalue weighted by atomic mass is 9.98. The lowest BCUT2D eigenvalue weighted by Crippen LogP contribution is -2.33. The van der Waals surface area contributed by atoms with Crippen molar-refractivity contribution in [3.8, 4) is 23.1 Å². The molecule has 1 aromatic heterocycles. The van der Waals surface area contributed by atoms with Gasteiger partial charge in [0, 0.05) is 25.0 Å². The third kappa shape index (κ3) is 3.83. The van der Waals surface area contributed by atoms with E-state index in [0.717, 1.165) is 10.1 Å². The van der Waals surface area contributed by atoms with Crippen LogP contribution in [0.3, 0.4) is 0 Å². The highest BCUT2D eigenvalue weighted by Crippen LogP contribution is 2.39. The molecule has 3 aromatic rings. The second-order valence-corrected chi connectivity index (χ2v) is 7.82. The van der Waals surface area contributed by atoms with Gasteiger partial charge in [0.15, 0.2) is 0 Å². The topological polar surface area (TPSA) is 126 Å². The molecule has 0 aliphatic carbocycles. The predicted octanol–water partition coefficient (Wildman–Crippen LogP) is 2.25. The molecule has 2 N–H and O–H groups in total. The van der Waals surface area contributed by atoms with Crippen molar-refractivity contribution >= 4 is 11.6 Å². The monoisotopic (exact) mass is 464 g/mol. The van der Waals surface area contributed by atoms with Gasteiger partial charge < -0.3 is 14.6 Å². The van der Waals surface area contributed by atoms with Crippen molar-refractivity contribution in [1.82, 2.24) is 14.6 Å². The minimum Gasteiger partial charge on any atom is -0.497 e. The van der Waals surface area contributed by atoms with E-state index in [1.807, 2.05) is 0 Å². The molecule has 1 atom stereocenters. The van der Waals surface area contributed by atoms with Gasteiger partial charge in [0.25, 0.3) is 5.56 Å². The van der Waals surface area contributed by atoms with Gasteiger partial charge >= 0.3 is 5.69 Å². The maximum Gasteiger partial charge on any atom is 0.335 e. The number of amides is 1. The summed E-state index contributed by atoms with van der Waals surface area (Å²) in [5, 5.41) is 16.7. The molecule has 0 fully saturated rings. The number of nitrogens with one attached hydrogen (secondary N) is 1. The van der Waals surface area contributed by atoms with E-state index in [0.29, 0.717) is 22.7 Å². The third-order valence-corrected chi connectivity index (χ3v) is 5.76. The van der Waals surface area contributed by atoms with E-state index in [-0.39, 0.29) is 23.6 Å². The van der Waals surface area contributed by atoms with Gasteiger partial charge in [-0.15, -0.1) is 0 Å². The number of methoxy groups -OCH3 is 2. The quantitative estimate of drug-likeness (QED) is 0.597. The second kappa shape index (κ2) is 8.89. The summed E-state index contributed by atoms with van der Waals surface area (Å²) in [7, 11) is 3.03. The average molecular weight is 464 g/mol. The Hall–Kier alpha value is -4.34. The van der Waals surface area contributed by atoms with Crippen molar-refractivity contribution < 1.29 is 19.4 Å². The normalized spacial score (nSPS) is 15.2. The molecule has 0 bridgehead atoms. The average Bonchev–Trinajstić information content (AvgIpc) is 3.24. The van der Waals surface area contributed by atoms with Gasteiger partial charge in [0.1, 0.15) is 17.1 Å². The number of hydrogen-bond acceptors (Lipinski definition) is 7. The molecule has 34 heavy (non-hydrogen) atoms. The first-order valence-electron chi connectivity index (χ1n) is 10.5. The van der Waals surface area contributed by atoms with Gasteiger partial charge in [-0.05, 0) is 30.7 Å². The number of aromatic nitrogens is 2. The van der Waals surface area contributed by atoms with Gasteiger partial charge in [-0.25, -0.2) is 14.4 Å². The number of hydrazone groups is 1. The number of carbonyl (C=O) groups is 1. The lowest BCUT2D eigenvalue weighted by Gasteiger charge is -2.22. The van der Waals surface area contributed by atoms with Crippen LogP contribution in [-0.4, -0.2) is 45.5 Å². The highest BCUT2D eigenvalue weighted by Gasteiger charge is 2.36. The molecule has 2 heterocycles. The number of ether oxygens (including phenoxy) is 2. The molecule has 1 amide bonds. The standard InChI is InChI=1S/C24H24N4O6/c1-13-7-5-6-8-18(13)27-23(31)21(22(30)25-24(27)32)17-12-19(28(26-17)14(2)29)16-10-9-15(33-3)11-20(16)34-4/h5-11,19,31H,12H2,1-4H3,(H,25,30,32). The summed E-state index contributed by atoms with van der Waals surface area (Å²) in [4.78, 5) is 40.1. The summed E-state index contributed by atoms with van der Waals surface area (Å²) >= 11 is 0. The number of aromatic amines is 1. The Balaban J connectivity index is 1.85. The molecule has 1 unspecified atom stereocenters. The van der Waals surface area contributed by atoms with Gasteiger partial charge in [-0.3, -0.25) is 14.6 Å². The van der Waals surface area contributed by atoms with Crippen molar-refractivity contribution in [2.24, 2.45) is 5.10 Å². The number of H-pyrrole nitrogens is 1. The molecule has 1 aliphatic heterocycles. The van der Waals surface area contributed by atoms with E-state index >= 15 is 0 Å². The molecule has 4 rings (SSSR count). The zero-order chi connectivity index (χ0) is 24.6. The van der Waals surface area contributed by atoms with Gasteiger partial charge in [-0.2, -0.15) is 5.10 Å². The molecule has 10 heteroatoms. The summed E-state index contributed by atoms with van der Waals surface area (Å²) in [6.45, 7) is 3.14. The van der Waals surface area contributed by atoms with E-state index in [4.69, 9.17) is 9.47 Å². The van der Waals surface area contributed by atoms with E-state index in [1.165, 1.54) is 26.2 Å². The summed E-state index contributed by atoms with van der Waals surface area (Å²) in [6, 6.07) is 11.5. The fraction of sp³-hybridized carbons (Fsp3) is 0.250. The molecule has 0 radical (unpaired) electrons. The number of nitrogens with zero attached hydrogens (tertiary/aromatic N) is 3. The van der Waals surface area contributed by atoms with Gasteiger partial charge in [0.2, 0.25) is 11.8 Å². The van der Waals surface area contributed by atoms with Crippen LogP contribution >= 0.6 is 0 Å². The Bertz CT molecular complexity index is 1420. The van der Waals surface area contributed by atoms with Gasteiger partial charge in [-0.1, -0.05) is 18.2 Å². The predicted molar refractivity (Wildman–Crippen MR) is 125 cm³/mol. The van der Waals surface area contributed by atoms with Crippen LogP contribution in [0.2, 0.25) is 0 Å². The number of aromatic hydroxyl groups is 1. The highest BCUT2D eigenvalue weighted by molar-refractivity contribution is 6.04. The van der Waals surface area contributed by atoms with Crippen molar-refractivity contribution in [2.75, 3.05) is 14.2 Å². The maximum absolute atomic E-state index is 12.8. The van der Waals surface area contributed by atoms with Crippen molar-refractivity contribution in [1.29, 1.82) is 0 Å². The number of benzene rings is 2. The first-order valence-corrected chi connectivity index (χ1v) is 10.5. The smallest absolute Gasteiger partial charge is 0.335 e. The van der Waals surface area contributed by atoms with Crippen LogP contribution in [-0.2, 0) is 4.79 Å². The number of hydrogen-bond donors (Lipinski definition) is 2. The first-order chi connectivity index (χ1) is 16.3. The number of rotatable bonds is 5. The summed E-state index contributed by atoms with van der Waals surface area (Å²) in [5.74, 6) is 0.150. The Morgan fingerprint density at radius 2 is 1.88 bits per heavy atom. The second-order valence-electron chi connectivity index (χ2n) is 7.82. The molecule has 1 aliphatic rings. The molecule has 10 nitrogen and oxygen atoms in total. The van der Waals surface area contributed by atoms with E-state index in [9.17, 15) is 19.5 Å². The Kier molecular flexibility index (Phi) is 5.97. The van der Waals surface area contributed by atoms with Crippen LogP contribution in [0, 0.1) is 6.92 Å². The molecule has 0 saturated heterocycles. The fourth-order valence-electron chi connectivity index (χ4n) is 4.11. The molecule has 2 aromatic carbocycles. The molecular weight excluding hydrogens is 440 g/mol. The van der Waals surface area contributed by atoms with Crippen LogP contribution in [0.1, 0.15) is 36.1 Å². The number of aryl methyl sites for hydroxylation is 1. The minimum atomic E-state index is -0.795. The third-order valence-electron chi connectivity index (χ3n) is 5.76. The fourth-order valence-corrected chi connectivity index (χ4v) is 4.11. The lowest BCUT2D eigenvalue weighted by molar-refractivity contribution is -0.130. The molecule has 0 spiro atoms. The summed E-state index contributed by atoms with van der Waals surface area (Å²) < 4.78 is 11.8. The zero-order valence-corrected chi connectivity index (χ0v) is 19.2. The van der Waals surface area contributed by atoms with Crippen LogP contribution in [0.5, 0.6) is 17.4 Å². The Morgan fingerprint density at radius 1 is 1.15 bits per heavy atom. The Morgan fingerprint density at radius 3 is 2.53 bits per heavy atom.